The minimum Gasteiger partial charge on any atom is -0.335 e. The molecular formula is C42H30N6. The van der Waals surface area contributed by atoms with Crippen LogP contribution in [0.4, 0.5) is 22.9 Å². The Labute approximate surface area is 277 Å². The standard InChI is InChI=1S/C42H30N6/c1-5-19-37-33(15-1)34-16-2-6-20-38(34)47(37)31-13-9-11-29(25-31)45-23-24-46(42-41(45)27-43-28-44-42)30-12-10-14-32(26-30)48-39-21-7-3-17-35(39)36-18-4-8-22-40(36)48/h1-22,25-28H,23-24H2. The molecule has 0 bridgehead atoms. The average Bonchev–Trinajstić information content (AvgIpc) is 3.68. The lowest BCUT2D eigenvalue weighted by Crippen LogP contribution is -2.37. The third-order valence-electron chi connectivity index (χ3n) is 9.73. The van der Waals surface area contributed by atoms with Crippen molar-refractivity contribution in [2.24, 2.45) is 0 Å². The van der Waals surface area contributed by atoms with Crippen molar-refractivity contribution in [1.29, 1.82) is 0 Å². The van der Waals surface area contributed by atoms with E-state index in [0.717, 1.165) is 47.3 Å². The first-order valence-electron chi connectivity index (χ1n) is 16.4. The zero-order valence-electron chi connectivity index (χ0n) is 26.1. The third kappa shape index (κ3) is 3.99. The highest BCUT2D eigenvalue weighted by atomic mass is 15.3. The molecule has 0 saturated heterocycles. The Kier molecular flexibility index (Phi) is 5.90. The summed E-state index contributed by atoms with van der Waals surface area (Å²) >= 11 is 0. The van der Waals surface area contributed by atoms with Crippen molar-refractivity contribution in [2.75, 3.05) is 22.9 Å². The van der Waals surface area contributed by atoms with Gasteiger partial charge in [-0.3, -0.25) is 0 Å². The second-order valence-electron chi connectivity index (χ2n) is 12.3. The lowest BCUT2D eigenvalue weighted by Gasteiger charge is -2.37. The third-order valence-corrected chi connectivity index (χ3v) is 9.73. The molecule has 6 nitrogen and oxygen atoms in total. The molecule has 228 valence electrons. The smallest absolute Gasteiger partial charge is 0.160 e. The molecule has 6 aromatic carbocycles. The molecule has 4 heterocycles. The molecule has 1 aliphatic rings. The number of benzene rings is 6. The largest absolute Gasteiger partial charge is 0.335 e. The van der Waals surface area contributed by atoms with Crippen LogP contribution in [0, 0.1) is 0 Å². The van der Waals surface area contributed by atoms with Crippen molar-refractivity contribution in [2.45, 2.75) is 0 Å². The summed E-state index contributed by atoms with van der Waals surface area (Å²) in [5.74, 6) is 0.901. The Morgan fingerprint density at radius 3 is 1.33 bits per heavy atom. The Morgan fingerprint density at radius 2 is 0.833 bits per heavy atom. The van der Waals surface area contributed by atoms with Gasteiger partial charge in [-0.05, 0) is 60.7 Å². The summed E-state index contributed by atoms with van der Waals surface area (Å²) in [6.45, 7) is 1.57. The van der Waals surface area contributed by atoms with E-state index in [0.29, 0.717) is 0 Å². The van der Waals surface area contributed by atoms with E-state index in [4.69, 9.17) is 4.98 Å². The number of anilines is 4. The fourth-order valence-corrected chi connectivity index (χ4v) is 7.66. The average molecular weight is 619 g/mol. The van der Waals surface area contributed by atoms with Gasteiger partial charge >= 0.3 is 0 Å². The molecule has 0 saturated carbocycles. The van der Waals surface area contributed by atoms with Crippen LogP contribution in [0.15, 0.2) is 158 Å². The number of aromatic nitrogens is 4. The van der Waals surface area contributed by atoms with Gasteiger partial charge in [0.1, 0.15) is 12.0 Å². The van der Waals surface area contributed by atoms with E-state index in [1.807, 2.05) is 6.20 Å². The number of rotatable bonds is 4. The molecular weight excluding hydrogens is 589 g/mol. The van der Waals surface area contributed by atoms with E-state index in [-0.39, 0.29) is 0 Å². The molecule has 0 fully saturated rings. The quantitative estimate of drug-likeness (QED) is 0.197. The maximum atomic E-state index is 4.86. The summed E-state index contributed by atoms with van der Waals surface area (Å²) in [5, 5.41) is 5.03. The van der Waals surface area contributed by atoms with Crippen molar-refractivity contribution < 1.29 is 0 Å². The van der Waals surface area contributed by atoms with Crippen LogP contribution in [0.3, 0.4) is 0 Å². The minimum atomic E-state index is 0.778. The summed E-state index contributed by atoms with van der Waals surface area (Å²) in [5.41, 5.74) is 10.3. The SMILES string of the molecule is c1cc(N2CCN(c3cccc(-n4c5ccccc5c5ccccc54)c3)c3ncncc32)cc(-n2c3ccccc3c3ccccc32)c1. The number of fused-ring (bicyclic) bond motifs is 7. The zero-order chi connectivity index (χ0) is 31.6. The Balaban J connectivity index is 1.06. The van der Waals surface area contributed by atoms with E-state index < -0.39 is 0 Å². The van der Waals surface area contributed by atoms with Gasteiger partial charge in [0.15, 0.2) is 5.82 Å². The Morgan fingerprint density at radius 1 is 0.417 bits per heavy atom. The molecule has 6 heteroatoms. The summed E-state index contributed by atoms with van der Waals surface area (Å²) in [6, 6.07) is 52.2. The van der Waals surface area contributed by atoms with Gasteiger partial charge in [0.05, 0.1) is 28.3 Å². The molecule has 0 radical (unpaired) electrons. The monoisotopic (exact) mass is 618 g/mol. The van der Waals surface area contributed by atoms with Crippen LogP contribution >= 0.6 is 0 Å². The van der Waals surface area contributed by atoms with Crippen LogP contribution < -0.4 is 9.80 Å². The highest BCUT2D eigenvalue weighted by Gasteiger charge is 2.27. The van der Waals surface area contributed by atoms with Crippen molar-refractivity contribution in [3.05, 3.63) is 158 Å². The molecule has 0 amide bonds. The summed E-state index contributed by atoms with van der Waals surface area (Å²) < 4.78 is 4.73. The number of para-hydroxylation sites is 4. The molecule has 9 aromatic rings. The predicted molar refractivity (Wildman–Crippen MR) is 198 cm³/mol. The van der Waals surface area contributed by atoms with Gasteiger partial charge in [0.25, 0.3) is 0 Å². The maximum absolute atomic E-state index is 4.86. The van der Waals surface area contributed by atoms with Gasteiger partial charge in [-0.25, -0.2) is 9.97 Å². The minimum absolute atomic E-state index is 0.778. The topological polar surface area (TPSA) is 42.1 Å². The van der Waals surface area contributed by atoms with Crippen molar-refractivity contribution >= 4 is 66.5 Å². The molecule has 3 aromatic heterocycles. The van der Waals surface area contributed by atoms with Gasteiger partial charge in [0, 0.05) is 57.4 Å². The first kappa shape index (κ1) is 26.8. The molecule has 10 rings (SSSR count). The van der Waals surface area contributed by atoms with E-state index in [2.05, 4.69) is 170 Å². The van der Waals surface area contributed by atoms with Crippen LogP contribution in [0.1, 0.15) is 0 Å². The maximum Gasteiger partial charge on any atom is 0.160 e. The summed E-state index contributed by atoms with van der Waals surface area (Å²) in [6.07, 6.45) is 3.60. The van der Waals surface area contributed by atoms with E-state index in [9.17, 15) is 0 Å². The Bertz CT molecular complexity index is 2380. The van der Waals surface area contributed by atoms with Crippen LogP contribution in [0.5, 0.6) is 0 Å². The Hall–Kier alpha value is -6.40. The van der Waals surface area contributed by atoms with E-state index in [1.54, 1.807) is 6.33 Å². The second kappa shape index (κ2) is 10.6. The second-order valence-corrected chi connectivity index (χ2v) is 12.3. The van der Waals surface area contributed by atoms with Crippen molar-refractivity contribution in [3.63, 3.8) is 0 Å². The van der Waals surface area contributed by atoms with Crippen molar-refractivity contribution in [1.82, 2.24) is 19.1 Å². The fraction of sp³-hybridized carbons (Fsp3) is 0.0476. The molecule has 48 heavy (non-hydrogen) atoms. The molecule has 0 unspecified atom stereocenters. The van der Waals surface area contributed by atoms with Crippen LogP contribution in [-0.2, 0) is 0 Å². The molecule has 0 N–H and O–H groups in total. The van der Waals surface area contributed by atoms with Gasteiger partial charge in [-0.1, -0.05) is 84.9 Å². The van der Waals surface area contributed by atoms with Crippen LogP contribution in [0.25, 0.3) is 55.0 Å². The fourth-order valence-electron chi connectivity index (χ4n) is 7.66. The highest BCUT2D eigenvalue weighted by molar-refractivity contribution is 6.10. The summed E-state index contributed by atoms with van der Waals surface area (Å²) in [4.78, 5) is 14.0. The van der Waals surface area contributed by atoms with Gasteiger partial charge < -0.3 is 18.9 Å². The zero-order valence-corrected chi connectivity index (χ0v) is 26.1. The van der Waals surface area contributed by atoms with Crippen LogP contribution in [0.2, 0.25) is 0 Å². The van der Waals surface area contributed by atoms with Crippen molar-refractivity contribution in [3.8, 4) is 11.4 Å². The first-order chi connectivity index (χ1) is 23.8. The molecule has 1 aliphatic heterocycles. The molecule has 0 atom stereocenters. The summed E-state index contributed by atoms with van der Waals surface area (Å²) in [7, 11) is 0. The normalized spacial score (nSPS) is 13.2. The number of hydrogen-bond donors (Lipinski definition) is 0. The van der Waals surface area contributed by atoms with E-state index in [1.165, 1.54) is 43.6 Å². The first-order valence-corrected chi connectivity index (χ1v) is 16.4. The van der Waals surface area contributed by atoms with E-state index >= 15 is 0 Å². The molecule has 0 aliphatic carbocycles. The number of hydrogen-bond acceptors (Lipinski definition) is 4. The predicted octanol–water partition coefficient (Wildman–Crippen LogP) is 9.96. The number of nitrogens with zero attached hydrogens (tertiary/aromatic N) is 6. The lowest BCUT2D eigenvalue weighted by molar-refractivity contribution is 0.824. The lowest BCUT2D eigenvalue weighted by atomic mass is 10.1. The van der Waals surface area contributed by atoms with Gasteiger partial charge in [-0.15, -0.1) is 0 Å². The van der Waals surface area contributed by atoms with Crippen LogP contribution in [-0.4, -0.2) is 32.2 Å². The highest BCUT2D eigenvalue weighted by Crippen LogP contribution is 2.41. The van der Waals surface area contributed by atoms with Gasteiger partial charge in [-0.2, -0.15) is 0 Å². The van der Waals surface area contributed by atoms with Gasteiger partial charge in [0.2, 0.25) is 0 Å². The molecule has 0 spiro atoms.